The van der Waals surface area contributed by atoms with E-state index in [1.54, 1.807) is 4.90 Å². The molecule has 0 unspecified atom stereocenters. The second-order valence-corrected chi connectivity index (χ2v) is 8.38. The van der Waals surface area contributed by atoms with Crippen LogP contribution in [0, 0.1) is 0 Å². The van der Waals surface area contributed by atoms with Crippen molar-refractivity contribution < 1.29 is 19.0 Å². The summed E-state index contributed by atoms with van der Waals surface area (Å²) in [6.07, 6.45) is 1.36. The van der Waals surface area contributed by atoms with E-state index < -0.39 is 5.60 Å². The first kappa shape index (κ1) is 18.7. The van der Waals surface area contributed by atoms with Gasteiger partial charge in [-0.05, 0) is 56.9 Å². The van der Waals surface area contributed by atoms with Gasteiger partial charge in [-0.25, -0.2) is 4.79 Å². The minimum absolute atomic E-state index is 0.0385. The van der Waals surface area contributed by atoms with Crippen molar-refractivity contribution in [3.63, 3.8) is 0 Å². The molecule has 0 bridgehead atoms. The van der Waals surface area contributed by atoms with Crippen LogP contribution in [0.4, 0.5) is 4.79 Å². The van der Waals surface area contributed by atoms with Gasteiger partial charge in [0.05, 0.1) is 6.04 Å². The number of benzene rings is 2. The molecule has 0 aromatic heterocycles. The van der Waals surface area contributed by atoms with E-state index in [0.29, 0.717) is 13.2 Å². The van der Waals surface area contributed by atoms with Crippen molar-refractivity contribution in [1.82, 2.24) is 4.90 Å². The van der Waals surface area contributed by atoms with Crippen molar-refractivity contribution in [1.29, 1.82) is 0 Å². The highest BCUT2D eigenvalue weighted by atomic mass is 16.6. The molecule has 1 fully saturated rings. The average Bonchev–Trinajstić information content (AvgIpc) is 3.16. The lowest BCUT2D eigenvalue weighted by Crippen LogP contribution is -2.50. The molecule has 148 valence electrons. The van der Waals surface area contributed by atoms with Crippen molar-refractivity contribution >= 4 is 6.09 Å². The first-order valence-corrected chi connectivity index (χ1v) is 9.89. The Bertz CT molecular complexity index is 843. The number of carbonyl (C=O) groups is 1. The van der Waals surface area contributed by atoms with Crippen molar-refractivity contribution in [2.45, 2.75) is 51.4 Å². The van der Waals surface area contributed by atoms with Crippen LogP contribution in [0.25, 0.3) is 11.1 Å². The van der Waals surface area contributed by atoms with Crippen LogP contribution in [0.1, 0.15) is 33.6 Å². The zero-order chi connectivity index (χ0) is 19.7. The highest BCUT2D eigenvalue weighted by molar-refractivity contribution is 5.69. The van der Waals surface area contributed by atoms with E-state index in [1.807, 2.05) is 57.2 Å². The Labute approximate surface area is 166 Å². The van der Waals surface area contributed by atoms with Gasteiger partial charge in [0.2, 0.25) is 0 Å². The fourth-order valence-corrected chi connectivity index (χ4v) is 3.81. The summed E-state index contributed by atoms with van der Waals surface area (Å²) >= 11 is 0. The van der Waals surface area contributed by atoms with Gasteiger partial charge in [-0.2, -0.15) is 0 Å². The van der Waals surface area contributed by atoms with Gasteiger partial charge in [0, 0.05) is 6.54 Å². The number of ether oxygens (including phenoxy) is 3. The molecule has 1 amide bonds. The standard InChI is InChI=1S/C23H27NO4/c1-23(2,3)28-22(25)24-13-7-10-18(24)21-15-26-19-12-11-17(14-20(19)27-21)16-8-5-4-6-9-16/h4-6,8-9,11-12,14,18,21H,7,10,13,15H2,1-3H3/t18-,21-/m0/s1. The van der Waals surface area contributed by atoms with Gasteiger partial charge >= 0.3 is 6.09 Å². The highest BCUT2D eigenvalue weighted by Crippen LogP contribution is 2.38. The molecule has 2 atom stereocenters. The van der Waals surface area contributed by atoms with Gasteiger partial charge in [0.1, 0.15) is 12.2 Å². The van der Waals surface area contributed by atoms with E-state index in [2.05, 4.69) is 12.1 Å². The van der Waals surface area contributed by atoms with E-state index in [4.69, 9.17) is 14.2 Å². The fourth-order valence-electron chi connectivity index (χ4n) is 3.81. The molecular formula is C23H27NO4. The maximum atomic E-state index is 12.6. The average molecular weight is 381 g/mol. The fraction of sp³-hybridized carbons (Fsp3) is 0.435. The number of hydrogen-bond acceptors (Lipinski definition) is 4. The predicted octanol–water partition coefficient (Wildman–Crippen LogP) is 4.89. The lowest BCUT2D eigenvalue weighted by atomic mass is 10.0. The molecule has 2 aliphatic rings. The number of amides is 1. The van der Waals surface area contributed by atoms with E-state index in [9.17, 15) is 4.79 Å². The quantitative estimate of drug-likeness (QED) is 0.743. The normalized spacial score (nSPS) is 21.5. The highest BCUT2D eigenvalue weighted by Gasteiger charge is 2.40. The summed E-state index contributed by atoms with van der Waals surface area (Å²) in [5.41, 5.74) is 1.71. The molecule has 2 aliphatic heterocycles. The van der Waals surface area contributed by atoms with Crippen molar-refractivity contribution in [3.05, 3.63) is 48.5 Å². The molecule has 1 saturated heterocycles. The minimum Gasteiger partial charge on any atom is -0.486 e. The monoisotopic (exact) mass is 381 g/mol. The van der Waals surface area contributed by atoms with Crippen molar-refractivity contribution in [2.24, 2.45) is 0 Å². The summed E-state index contributed by atoms with van der Waals surface area (Å²) < 4.78 is 17.9. The summed E-state index contributed by atoms with van der Waals surface area (Å²) in [6, 6.07) is 16.2. The smallest absolute Gasteiger partial charge is 0.410 e. The maximum Gasteiger partial charge on any atom is 0.410 e. The van der Waals surface area contributed by atoms with Gasteiger partial charge in [0.15, 0.2) is 17.6 Å². The van der Waals surface area contributed by atoms with Gasteiger partial charge in [-0.15, -0.1) is 0 Å². The lowest BCUT2D eigenvalue weighted by molar-refractivity contribution is -0.00456. The minimum atomic E-state index is -0.509. The molecule has 0 saturated carbocycles. The molecule has 5 heteroatoms. The second kappa shape index (κ2) is 7.38. The third-order valence-electron chi connectivity index (χ3n) is 5.09. The van der Waals surface area contributed by atoms with Crippen LogP contribution in [0.15, 0.2) is 48.5 Å². The SMILES string of the molecule is CC(C)(C)OC(=O)N1CCC[C@H]1[C@@H]1COc2ccc(-c3ccccc3)cc2O1. The van der Waals surface area contributed by atoms with Crippen LogP contribution < -0.4 is 9.47 Å². The molecule has 0 spiro atoms. The number of hydrogen-bond donors (Lipinski definition) is 0. The van der Waals surface area contributed by atoms with Crippen LogP contribution in [-0.2, 0) is 4.74 Å². The van der Waals surface area contributed by atoms with Gasteiger partial charge < -0.3 is 19.1 Å². The molecular weight excluding hydrogens is 354 g/mol. The largest absolute Gasteiger partial charge is 0.486 e. The first-order valence-electron chi connectivity index (χ1n) is 9.89. The lowest BCUT2D eigenvalue weighted by Gasteiger charge is -2.35. The number of carbonyl (C=O) groups excluding carboxylic acids is 1. The van der Waals surface area contributed by atoms with Crippen LogP contribution in [-0.4, -0.2) is 41.9 Å². The molecule has 28 heavy (non-hydrogen) atoms. The van der Waals surface area contributed by atoms with Crippen LogP contribution in [0.2, 0.25) is 0 Å². The van der Waals surface area contributed by atoms with Crippen molar-refractivity contribution in [3.8, 4) is 22.6 Å². The Hall–Kier alpha value is -2.69. The third kappa shape index (κ3) is 3.93. The molecule has 2 aromatic rings. The number of nitrogens with zero attached hydrogens (tertiary/aromatic N) is 1. The number of fused-ring (bicyclic) bond motifs is 1. The molecule has 2 aromatic carbocycles. The summed E-state index contributed by atoms with van der Waals surface area (Å²) in [5.74, 6) is 1.48. The molecule has 4 rings (SSSR count). The summed E-state index contributed by atoms with van der Waals surface area (Å²) in [5, 5.41) is 0. The molecule has 0 N–H and O–H groups in total. The van der Waals surface area contributed by atoms with E-state index >= 15 is 0 Å². The Balaban J connectivity index is 1.52. The summed E-state index contributed by atoms with van der Waals surface area (Å²) in [4.78, 5) is 14.4. The Morgan fingerprint density at radius 2 is 1.86 bits per heavy atom. The molecule has 0 radical (unpaired) electrons. The molecule has 2 heterocycles. The topological polar surface area (TPSA) is 48.0 Å². The predicted molar refractivity (Wildman–Crippen MR) is 108 cm³/mol. The van der Waals surface area contributed by atoms with Gasteiger partial charge in [-0.3, -0.25) is 0 Å². The molecule has 0 aliphatic carbocycles. The van der Waals surface area contributed by atoms with Crippen LogP contribution in [0.5, 0.6) is 11.5 Å². The Morgan fingerprint density at radius 3 is 2.61 bits per heavy atom. The van der Waals surface area contributed by atoms with E-state index in [1.165, 1.54) is 0 Å². The molecule has 5 nitrogen and oxygen atoms in total. The van der Waals surface area contributed by atoms with Crippen molar-refractivity contribution in [2.75, 3.05) is 13.2 Å². The van der Waals surface area contributed by atoms with Crippen LogP contribution >= 0.6 is 0 Å². The second-order valence-electron chi connectivity index (χ2n) is 8.38. The number of rotatable bonds is 2. The summed E-state index contributed by atoms with van der Waals surface area (Å²) in [7, 11) is 0. The Morgan fingerprint density at radius 1 is 1.07 bits per heavy atom. The van der Waals surface area contributed by atoms with Crippen LogP contribution in [0.3, 0.4) is 0 Å². The van der Waals surface area contributed by atoms with E-state index in [0.717, 1.165) is 35.5 Å². The van der Waals surface area contributed by atoms with Gasteiger partial charge in [0.25, 0.3) is 0 Å². The zero-order valence-corrected chi connectivity index (χ0v) is 16.7. The number of likely N-dealkylation sites (tertiary alicyclic amines) is 1. The third-order valence-corrected chi connectivity index (χ3v) is 5.09. The maximum absolute atomic E-state index is 12.6. The zero-order valence-electron chi connectivity index (χ0n) is 16.7. The van der Waals surface area contributed by atoms with Gasteiger partial charge in [-0.1, -0.05) is 36.4 Å². The van der Waals surface area contributed by atoms with E-state index in [-0.39, 0.29) is 18.2 Å². The Kier molecular flexibility index (Phi) is 4.92. The first-order chi connectivity index (χ1) is 13.4. The summed E-state index contributed by atoms with van der Waals surface area (Å²) in [6.45, 7) is 6.78.